The first-order valence-corrected chi connectivity index (χ1v) is 8.35. The van der Waals surface area contributed by atoms with E-state index in [-0.39, 0.29) is 22.6 Å². The second-order valence-corrected chi connectivity index (χ2v) is 7.38. The van der Waals surface area contributed by atoms with Crippen LogP contribution in [0.1, 0.15) is 42.9 Å². The number of nitrogens with one attached hydrogen (secondary N) is 2. The number of non-ortho nitro benzene ring substituents is 1. The van der Waals surface area contributed by atoms with Crippen LogP contribution in [0.5, 0.6) is 0 Å². The number of hydrogen-bond donors (Lipinski definition) is 2. The average Bonchev–Trinajstić information content (AvgIpc) is 3.02. The summed E-state index contributed by atoms with van der Waals surface area (Å²) in [7, 11) is 0. The Balaban J connectivity index is 1.96. The second kappa shape index (κ2) is 6.79. The fourth-order valence-electron chi connectivity index (χ4n) is 2.94. The van der Waals surface area contributed by atoms with Crippen molar-refractivity contribution >= 4 is 22.5 Å². The number of rotatable bonds is 4. The van der Waals surface area contributed by atoms with Crippen molar-refractivity contribution in [2.45, 2.75) is 26.8 Å². The van der Waals surface area contributed by atoms with Crippen molar-refractivity contribution in [2.24, 2.45) is 5.41 Å². The number of aromatic nitrogens is 2. The molecule has 1 atom stereocenters. The second-order valence-electron chi connectivity index (χ2n) is 7.38. The number of carbonyl (C=O) groups is 1. The molecule has 0 bridgehead atoms. The van der Waals surface area contributed by atoms with Gasteiger partial charge < -0.3 is 5.32 Å². The van der Waals surface area contributed by atoms with E-state index in [1.165, 1.54) is 30.3 Å². The maximum absolute atomic E-state index is 13.3. The Kier molecular flexibility index (Phi) is 4.65. The van der Waals surface area contributed by atoms with Crippen LogP contribution in [-0.2, 0) is 0 Å². The number of hydrogen-bond acceptors (Lipinski definition) is 4. The molecule has 3 aromatic rings. The van der Waals surface area contributed by atoms with E-state index in [1.54, 1.807) is 12.1 Å². The van der Waals surface area contributed by atoms with Gasteiger partial charge in [0.25, 0.3) is 11.6 Å². The van der Waals surface area contributed by atoms with E-state index in [1.807, 2.05) is 20.8 Å². The molecule has 0 aliphatic heterocycles. The number of nitro groups is 1. The Morgan fingerprint density at radius 1 is 1.22 bits per heavy atom. The third kappa shape index (κ3) is 3.79. The highest BCUT2D eigenvalue weighted by Gasteiger charge is 2.29. The minimum Gasteiger partial charge on any atom is -0.343 e. The highest BCUT2D eigenvalue weighted by molar-refractivity contribution is 6.05. The van der Waals surface area contributed by atoms with Crippen LogP contribution in [0.3, 0.4) is 0 Å². The number of benzene rings is 2. The van der Waals surface area contributed by atoms with Gasteiger partial charge in [0.1, 0.15) is 5.82 Å². The molecule has 27 heavy (non-hydrogen) atoms. The molecule has 0 fully saturated rings. The summed E-state index contributed by atoms with van der Waals surface area (Å²) in [6.07, 6.45) is 0. The highest BCUT2D eigenvalue weighted by atomic mass is 19.1. The van der Waals surface area contributed by atoms with E-state index in [2.05, 4.69) is 15.5 Å². The van der Waals surface area contributed by atoms with Gasteiger partial charge in [-0.1, -0.05) is 32.9 Å². The summed E-state index contributed by atoms with van der Waals surface area (Å²) in [5, 5.41) is 21.0. The minimum absolute atomic E-state index is 0.0741. The van der Waals surface area contributed by atoms with Gasteiger partial charge in [-0.2, -0.15) is 5.10 Å². The van der Waals surface area contributed by atoms with E-state index in [0.717, 1.165) is 5.56 Å². The Hall–Kier alpha value is -3.29. The zero-order chi connectivity index (χ0) is 19.8. The first kappa shape index (κ1) is 18.5. The first-order chi connectivity index (χ1) is 12.7. The SMILES string of the molecule is CC(C)(C)C(NC(=O)c1n[nH]c2ccc([N+](=O)[O-])cc12)c1ccc(F)cc1. The number of aromatic amines is 1. The lowest BCUT2D eigenvalue weighted by molar-refractivity contribution is -0.384. The summed E-state index contributed by atoms with van der Waals surface area (Å²) in [5.74, 6) is -0.825. The summed E-state index contributed by atoms with van der Waals surface area (Å²) in [6.45, 7) is 5.86. The molecule has 0 radical (unpaired) electrons. The standard InChI is InChI=1S/C19H19FN4O3/c1-19(2,3)17(11-4-6-12(20)7-5-11)21-18(25)16-14-10-13(24(26)27)8-9-15(14)22-23-16/h4-10,17H,1-3H3,(H,21,25)(H,22,23). The van der Waals surface area contributed by atoms with Crippen molar-refractivity contribution in [3.05, 3.63) is 69.7 Å². The van der Waals surface area contributed by atoms with Crippen LogP contribution < -0.4 is 5.32 Å². The van der Waals surface area contributed by atoms with E-state index in [0.29, 0.717) is 10.9 Å². The summed E-state index contributed by atoms with van der Waals surface area (Å²) in [4.78, 5) is 23.4. The van der Waals surface area contributed by atoms with Crippen molar-refractivity contribution in [3.63, 3.8) is 0 Å². The van der Waals surface area contributed by atoms with Crippen LogP contribution >= 0.6 is 0 Å². The molecule has 8 heteroatoms. The molecule has 7 nitrogen and oxygen atoms in total. The number of halogens is 1. The van der Waals surface area contributed by atoms with E-state index in [9.17, 15) is 19.3 Å². The molecule has 0 aliphatic carbocycles. The average molecular weight is 370 g/mol. The van der Waals surface area contributed by atoms with Gasteiger partial charge in [-0.25, -0.2) is 4.39 Å². The number of amides is 1. The van der Waals surface area contributed by atoms with Gasteiger partial charge in [0, 0.05) is 17.5 Å². The fraction of sp³-hybridized carbons (Fsp3) is 0.263. The zero-order valence-corrected chi connectivity index (χ0v) is 15.1. The summed E-state index contributed by atoms with van der Waals surface area (Å²) < 4.78 is 13.3. The molecule has 1 aromatic heterocycles. The molecule has 140 valence electrons. The van der Waals surface area contributed by atoms with Gasteiger partial charge >= 0.3 is 0 Å². The predicted molar refractivity (Wildman–Crippen MR) is 98.8 cm³/mol. The zero-order valence-electron chi connectivity index (χ0n) is 15.1. The Labute approximate surface area is 154 Å². The minimum atomic E-state index is -0.523. The summed E-state index contributed by atoms with van der Waals surface area (Å²) in [6, 6.07) is 9.70. The van der Waals surface area contributed by atoms with E-state index < -0.39 is 16.9 Å². The molecule has 1 amide bonds. The molecular formula is C19H19FN4O3. The molecule has 1 heterocycles. The van der Waals surface area contributed by atoms with Gasteiger partial charge in [-0.15, -0.1) is 0 Å². The van der Waals surface area contributed by atoms with Crippen LogP contribution in [0.4, 0.5) is 10.1 Å². The third-order valence-electron chi connectivity index (χ3n) is 4.32. The number of fused-ring (bicyclic) bond motifs is 1. The van der Waals surface area contributed by atoms with Gasteiger partial charge in [0.05, 0.1) is 16.5 Å². The normalized spacial score (nSPS) is 12.7. The quantitative estimate of drug-likeness (QED) is 0.533. The molecule has 3 rings (SSSR count). The third-order valence-corrected chi connectivity index (χ3v) is 4.32. The Morgan fingerprint density at radius 3 is 2.48 bits per heavy atom. The number of nitrogens with zero attached hydrogens (tertiary/aromatic N) is 2. The Bertz CT molecular complexity index is 1010. The molecule has 2 aromatic carbocycles. The van der Waals surface area contributed by atoms with Crippen molar-refractivity contribution in [3.8, 4) is 0 Å². The lowest BCUT2D eigenvalue weighted by atomic mass is 9.82. The molecule has 0 saturated carbocycles. The van der Waals surface area contributed by atoms with Crippen LogP contribution in [0.25, 0.3) is 10.9 Å². The number of nitro benzene ring substituents is 1. The monoisotopic (exact) mass is 370 g/mol. The van der Waals surface area contributed by atoms with Gasteiger partial charge in [0.15, 0.2) is 5.69 Å². The van der Waals surface area contributed by atoms with Crippen LogP contribution in [0.15, 0.2) is 42.5 Å². The van der Waals surface area contributed by atoms with Crippen LogP contribution in [0, 0.1) is 21.3 Å². The lowest BCUT2D eigenvalue weighted by Crippen LogP contribution is -2.36. The van der Waals surface area contributed by atoms with Gasteiger partial charge in [-0.05, 0) is 29.2 Å². The maximum atomic E-state index is 13.3. The van der Waals surface area contributed by atoms with Crippen molar-refractivity contribution < 1.29 is 14.1 Å². The van der Waals surface area contributed by atoms with Crippen molar-refractivity contribution in [1.82, 2.24) is 15.5 Å². The highest BCUT2D eigenvalue weighted by Crippen LogP contribution is 2.33. The number of H-pyrrole nitrogens is 1. The van der Waals surface area contributed by atoms with Crippen molar-refractivity contribution in [2.75, 3.05) is 0 Å². The summed E-state index contributed by atoms with van der Waals surface area (Å²) >= 11 is 0. The molecular weight excluding hydrogens is 351 g/mol. The van der Waals surface area contributed by atoms with Gasteiger partial charge in [0.2, 0.25) is 0 Å². The molecule has 0 spiro atoms. The smallest absolute Gasteiger partial charge is 0.272 e. The summed E-state index contributed by atoms with van der Waals surface area (Å²) in [5.41, 5.74) is 0.878. The van der Waals surface area contributed by atoms with Gasteiger partial charge in [-0.3, -0.25) is 20.0 Å². The van der Waals surface area contributed by atoms with E-state index >= 15 is 0 Å². The topological polar surface area (TPSA) is 101 Å². The van der Waals surface area contributed by atoms with Crippen molar-refractivity contribution in [1.29, 1.82) is 0 Å². The first-order valence-electron chi connectivity index (χ1n) is 8.35. The predicted octanol–water partition coefficient (Wildman–Crippen LogP) is 4.13. The Morgan fingerprint density at radius 2 is 1.89 bits per heavy atom. The lowest BCUT2D eigenvalue weighted by Gasteiger charge is -2.31. The maximum Gasteiger partial charge on any atom is 0.272 e. The van der Waals surface area contributed by atoms with Crippen LogP contribution in [-0.4, -0.2) is 21.0 Å². The fourth-order valence-corrected chi connectivity index (χ4v) is 2.94. The molecule has 1 unspecified atom stereocenters. The van der Waals surface area contributed by atoms with Crippen LogP contribution in [0.2, 0.25) is 0 Å². The molecule has 2 N–H and O–H groups in total. The molecule has 0 aliphatic rings. The largest absolute Gasteiger partial charge is 0.343 e. The van der Waals surface area contributed by atoms with E-state index in [4.69, 9.17) is 0 Å². The molecule has 0 saturated heterocycles. The number of carbonyl (C=O) groups excluding carboxylic acids is 1.